The van der Waals surface area contributed by atoms with Crippen molar-refractivity contribution in [3.8, 4) is 0 Å². The molecule has 0 N–H and O–H groups in total. The Morgan fingerprint density at radius 3 is 1.44 bits per heavy atom. The molecule has 16 heavy (non-hydrogen) atoms. The predicted molar refractivity (Wildman–Crippen MR) is 78.9 cm³/mol. The average Bonchev–Trinajstić information content (AvgIpc) is 2.24. The van der Waals surface area contributed by atoms with Crippen LogP contribution in [0.15, 0.2) is 0 Å². The highest BCUT2D eigenvalue weighted by atomic mass is 28.4. The molecule has 0 aromatic rings. The Hall–Kier alpha value is 0.354. The van der Waals surface area contributed by atoms with Crippen LogP contribution in [-0.4, -0.2) is 53.2 Å². The summed E-state index contributed by atoms with van der Waals surface area (Å²) >= 11 is 0. The van der Waals surface area contributed by atoms with Crippen LogP contribution < -0.4 is 0 Å². The van der Waals surface area contributed by atoms with Crippen molar-refractivity contribution in [3.63, 3.8) is 0 Å². The first-order chi connectivity index (χ1) is 7.51. The van der Waals surface area contributed by atoms with Crippen molar-refractivity contribution in [2.24, 2.45) is 0 Å². The summed E-state index contributed by atoms with van der Waals surface area (Å²) in [7, 11) is 3.78. The van der Waals surface area contributed by atoms with Crippen LogP contribution >= 0.6 is 0 Å². The Morgan fingerprint density at radius 2 is 1.19 bits per heavy atom. The van der Waals surface area contributed by atoms with Crippen molar-refractivity contribution < 1.29 is 0 Å². The quantitative estimate of drug-likeness (QED) is 0.672. The molecule has 0 spiro atoms. The second kappa shape index (κ2) is 6.33. The minimum absolute atomic E-state index is 0.483. The molecule has 1 saturated heterocycles. The summed E-state index contributed by atoms with van der Waals surface area (Å²) in [4.78, 5) is 0. The number of rotatable bonds is 6. The van der Waals surface area contributed by atoms with Crippen LogP contribution in [0, 0.1) is 0 Å². The van der Waals surface area contributed by atoms with E-state index in [0.717, 1.165) is 12.1 Å². The molecule has 0 aromatic heterocycles. The second-order valence-corrected chi connectivity index (χ2v) is 13.6. The van der Waals surface area contributed by atoms with Crippen molar-refractivity contribution in [3.05, 3.63) is 0 Å². The fraction of sp³-hybridized carbons (Fsp3) is 1.00. The topological polar surface area (TPSA) is 6.48 Å². The van der Waals surface area contributed by atoms with Gasteiger partial charge in [0.25, 0.3) is 0 Å². The Kier molecular flexibility index (Phi) is 5.70. The van der Waals surface area contributed by atoms with Crippen molar-refractivity contribution in [2.45, 2.75) is 64.0 Å². The first kappa shape index (κ1) is 14.4. The van der Waals surface area contributed by atoms with Gasteiger partial charge in [0.05, 0.1) is 0 Å². The number of hydrogen-bond acceptors (Lipinski definition) is 2. The Morgan fingerprint density at radius 1 is 0.875 bits per heavy atom. The Bertz CT molecular complexity index is 187. The van der Waals surface area contributed by atoms with Crippen LogP contribution in [0.3, 0.4) is 0 Å². The van der Waals surface area contributed by atoms with E-state index in [4.69, 9.17) is 0 Å². The minimum Gasteiger partial charge on any atom is -0.327 e. The third-order valence-corrected chi connectivity index (χ3v) is 16.8. The van der Waals surface area contributed by atoms with Gasteiger partial charge in [0.15, 0.2) is 0 Å². The van der Waals surface area contributed by atoms with Crippen molar-refractivity contribution in [2.75, 3.05) is 14.1 Å². The lowest BCUT2D eigenvalue weighted by molar-refractivity contribution is 0.372. The Labute approximate surface area is 105 Å². The van der Waals surface area contributed by atoms with Gasteiger partial charge < -0.3 is 9.13 Å². The molecule has 0 bridgehead atoms. The lowest BCUT2D eigenvalue weighted by Crippen LogP contribution is -2.60. The van der Waals surface area contributed by atoms with Crippen LogP contribution in [-0.2, 0) is 0 Å². The zero-order chi connectivity index (χ0) is 12.3. The van der Waals surface area contributed by atoms with E-state index in [1.54, 1.807) is 11.3 Å². The van der Waals surface area contributed by atoms with E-state index in [1.165, 1.54) is 12.8 Å². The summed E-state index contributed by atoms with van der Waals surface area (Å²) in [6, 6.07) is 1.64. The maximum atomic E-state index is 2.74. The highest BCUT2D eigenvalue weighted by molar-refractivity contribution is 6.92. The molecule has 2 unspecified atom stereocenters. The van der Waals surface area contributed by atoms with Gasteiger partial charge in [-0.1, -0.05) is 27.7 Å². The smallest absolute Gasteiger partial charge is 0.108 e. The van der Waals surface area contributed by atoms with E-state index in [1.807, 2.05) is 0 Å². The van der Waals surface area contributed by atoms with E-state index < -0.39 is 17.9 Å². The molecule has 0 radical (unpaired) electrons. The van der Waals surface area contributed by atoms with Crippen LogP contribution in [0.1, 0.15) is 40.5 Å². The monoisotopic (exact) mass is 258 g/mol. The van der Waals surface area contributed by atoms with Gasteiger partial charge in [-0.3, -0.25) is 0 Å². The lowest BCUT2D eigenvalue weighted by atomic mass is 10.3. The Balaban J connectivity index is 2.32. The van der Waals surface area contributed by atoms with E-state index in [-0.39, 0.29) is 0 Å². The summed E-state index contributed by atoms with van der Waals surface area (Å²) in [6.45, 7) is 9.41. The summed E-state index contributed by atoms with van der Waals surface area (Å²) in [5.74, 6) is 0. The molecule has 1 rings (SSSR count). The van der Waals surface area contributed by atoms with Gasteiger partial charge in [-0.2, -0.15) is 0 Å². The van der Waals surface area contributed by atoms with Crippen molar-refractivity contribution >= 4 is 17.9 Å². The van der Waals surface area contributed by atoms with E-state index >= 15 is 0 Å². The van der Waals surface area contributed by atoms with E-state index in [0.29, 0.717) is 0 Å². The lowest BCUT2D eigenvalue weighted by Gasteiger charge is -2.46. The standard InChI is InChI=1S/C12H30N2Si2/c1-7-11(3)13(5)15-9-16(10-15)14(6)12(4)8-2/h11-12,15-16H,7-10H2,1-6H3. The average molecular weight is 259 g/mol. The van der Waals surface area contributed by atoms with Gasteiger partial charge in [-0.05, 0) is 50.4 Å². The predicted octanol–water partition coefficient (Wildman–Crippen LogP) is 1.99. The first-order valence-corrected chi connectivity index (χ1v) is 11.2. The summed E-state index contributed by atoms with van der Waals surface area (Å²) < 4.78 is 5.49. The van der Waals surface area contributed by atoms with Gasteiger partial charge in [0.1, 0.15) is 17.9 Å². The summed E-state index contributed by atoms with van der Waals surface area (Å²) in [5.41, 5.74) is 3.28. The molecule has 2 atom stereocenters. The third kappa shape index (κ3) is 3.18. The SMILES string of the molecule is CCC(C)N(C)[SiH]1C[SiH](N(C)C(C)CC)C1. The second-order valence-electron chi connectivity index (χ2n) is 5.62. The minimum atomic E-state index is -0.483. The largest absolute Gasteiger partial charge is 0.327 e. The molecule has 0 saturated carbocycles. The van der Waals surface area contributed by atoms with Crippen LogP contribution in [0.25, 0.3) is 0 Å². The first-order valence-electron chi connectivity index (χ1n) is 6.95. The molecule has 0 aromatic carbocycles. The highest BCUT2D eigenvalue weighted by Crippen LogP contribution is 2.27. The van der Waals surface area contributed by atoms with E-state index in [9.17, 15) is 0 Å². The van der Waals surface area contributed by atoms with Gasteiger partial charge in [0.2, 0.25) is 0 Å². The fourth-order valence-corrected chi connectivity index (χ4v) is 14.2. The molecule has 96 valence electrons. The molecular weight excluding hydrogens is 228 g/mol. The molecule has 1 aliphatic rings. The normalized spacial score (nSPS) is 29.2. The number of hydrogen-bond donors (Lipinski definition) is 0. The molecule has 1 aliphatic heterocycles. The maximum Gasteiger partial charge on any atom is 0.108 e. The molecule has 2 nitrogen and oxygen atoms in total. The molecule has 1 fully saturated rings. The molecular formula is C12H30N2Si2. The van der Waals surface area contributed by atoms with Gasteiger partial charge in [-0.25, -0.2) is 0 Å². The van der Waals surface area contributed by atoms with E-state index in [2.05, 4.69) is 50.9 Å². The van der Waals surface area contributed by atoms with Crippen LogP contribution in [0.4, 0.5) is 0 Å². The zero-order valence-electron chi connectivity index (χ0n) is 12.0. The molecule has 0 aliphatic carbocycles. The summed E-state index contributed by atoms with van der Waals surface area (Å²) in [5, 5.41) is 0. The highest BCUT2D eigenvalue weighted by Gasteiger charge is 2.39. The summed E-state index contributed by atoms with van der Waals surface area (Å²) in [6.07, 6.45) is 2.63. The third-order valence-electron chi connectivity index (χ3n) is 4.81. The molecule has 0 amide bonds. The van der Waals surface area contributed by atoms with Crippen molar-refractivity contribution in [1.82, 2.24) is 9.13 Å². The van der Waals surface area contributed by atoms with Crippen LogP contribution in [0.2, 0.25) is 11.3 Å². The van der Waals surface area contributed by atoms with Gasteiger partial charge in [0, 0.05) is 0 Å². The molecule has 1 heterocycles. The fourth-order valence-electron chi connectivity index (χ4n) is 2.52. The number of nitrogens with zero attached hydrogens (tertiary/aromatic N) is 2. The van der Waals surface area contributed by atoms with Gasteiger partial charge in [-0.15, -0.1) is 0 Å². The maximum absolute atomic E-state index is 2.74. The zero-order valence-corrected chi connectivity index (χ0v) is 14.3. The van der Waals surface area contributed by atoms with Crippen LogP contribution in [0.5, 0.6) is 0 Å². The molecule has 4 heteroatoms. The van der Waals surface area contributed by atoms with Gasteiger partial charge >= 0.3 is 0 Å². The van der Waals surface area contributed by atoms with Crippen molar-refractivity contribution in [1.29, 1.82) is 0 Å².